The maximum Gasteiger partial charge on any atom is 0.309 e. The Morgan fingerprint density at radius 1 is 1.38 bits per heavy atom. The van der Waals surface area contributed by atoms with Gasteiger partial charge in [-0.3, -0.25) is 4.79 Å². The Hall–Kier alpha value is -1.81. The van der Waals surface area contributed by atoms with E-state index in [2.05, 4.69) is 9.97 Å². The summed E-state index contributed by atoms with van der Waals surface area (Å²) in [5.41, 5.74) is 1.46. The van der Waals surface area contributed by atoms with Gasteiger partial charge in [0.1, 0.15) is 5.82 Å². The molecule has 0 atom stereocenters. The number of carbonyl (C=O) groups is 1. The molecule has 0 radical (unpaired) electrons. The SMILES string of the molecule is O=C(O)Cc1cnc(-c2ccc(Cl)cc2)[nH]1. The molecule has 1 heterocycles. The predicted molar refractivity (Wildman–Crippen MR) is 60.4 cm³/mol. The van der Waals surface area contributed by atoms with Crippen molar-refractivity contribution in [3.05, 3.63) is 41.2 Å². The van der Waals surface area contributed by atoms with Crippen molar-refractivity contribution in [2.75, 3.05) is 0 Å². The van der Waals surface area contributed by atoms with E-state index in [1.54, 1.807) is 12.1 Å². The second-order valence-electron chi connectivity index (χ2n) is 3.33. The average Bonchev–Trinajstić information content (AvgIpc) is 2.66. The summed E-state index contributed by atoms with van der Waals surface area (Å²) < 4.78 is 0. The van der Waals surface area contributed by atoms with Gasteiger partial charge >= 0.3 is 5.97 Å². The molecule has 0 unspecified atom stereocenters. The van der Waals surface area contributed by atoms with Crippen molar-refractivity contribution >= 4 is 17.6 Å². The molecule has 0 saturated heterocycles. The van der Waals surface area contributed by atoms with E-state index in [0.29, 0.717) is 16.5 Å². The Morgan fingerprint density at radius 3 is 2.69 bits per heavy atom. The van der Waals surface area contributed by atoms with Gasteiger partial charge in [0, 0.05) is 22.5 Å². The molecule has 0 spiro atoms. The van der Waals surface area contributed by atoms with Gasteiger partial charge in [0.2, 0.25) is 0 Å². The number of aromatic nitrogens is 2. The summed E-state index contributed by atoms with van der Waals surface area (Å²) in [5.74, 6) is -0.237. The van der Waals surface area contributed by atoms with Crippen LogP contribution < -0.4 is 0 Å². The number of nitrogens with zero attached hydrogens (tertiary/aromatic N) is 1. The fourth-order valence-corrected chi connectivity index (χ4v) is 1.49. The Kier molecular flexibility index (Phi) is 2.92. The number of aromatic amines is 1. The molecule has 0 aliphatic carbocycles. The van der Waals surface area contributed by atoms with Crippen LogP contribution in [-0.2, 0) is 11.2 Å². The zero-order valence-corrected chi connectivity index (χ0v) is 9.03. The zero-order chi connectivity index (χ0) is 11.5. The molecule has 1 aromatic carbocycles. The fraction of sp³-hybridized carbons (Fsp3) is 0.0909. The normalized spacial score (nSPS) is 10.3. The third kappa shape index (κ3) is 2.41. The number of carboxylic acid groups (broad SMARTS) is 1. The summed E-state index contributed by atoms with van der Waals surface area (Å²) in [6.07, 6.45) is 1.47. The number of H-pyrrole nitrogens is 1. The summed E-state index contributed by atoms with van der Waals surface area (Å²) in [6.45, 7) is 0. The molecule has 0 aliphatic rings. The average molecular weight is 237 g/mol. The molecule has 2 rings (SSSR count). The Morgan fingerprint density at radius 2 is 2.06 bits per heavy atom. The van der Waals surface area contributed by atoms with Crippen molar-refractivity contribution in [3.63, 3.8) is 0 Å². The van der Waals surface area contributed by atoms with Crippen molar-refractivity contribution in [2.45, 2.75) is 6.42 Å². The number of hydrogen-bond acceptors (Lipinski definition) is 2. The van der Waals surface area contributed by atoms with E-state index in [9.17, 15) is 4.79 Å². The van der Waals surface area contributed by atoms with Crippen LogP contribution in [0.4, 0.5) is 0 Å². The minimum absolute atomic E-state index is 0.0550. The van der Waals surface area contributed by atoms with Crippen molar-refractivity contribution in [2.24, 2.45) is 0 Å². The Bertz CT molecular complexity index is 505. The van der Waals surface area contributed by atoms with Crippen LogP contribution in [-0.4, -0.2) is 21.0 Å². The number of carboxylic acids is 1. The van der Waals surface area contributed by atoms with Crippen LogP contribution >= 0.6 is 11.6 Å². The van der Waals surface area contributed by atoms with Crippen LogP contribution in [0.15, 0.2) is 30.5 Å². The minimum Gasteiger partial charge on any atom is -0.481 e. The summed E-state index contributed by atoms with van der Waals surface area (Å²) in [7, 11) is 0. The highest BCUT2D eigenvalue weighted by Gasteiger charge is 2.06. The summed E-state index contributed by atoms with van der Waals surface area (Å²) in [4.78, 5) is 17.5. The molecule has 0 fully saturated rings. The number of rotatable bonds is 3. The van der Waals surface area contributed by atoms with E-state index in [0.717, 1.165) is 5.56 Å². The number of halogens is 1. The van der Waals surface area contributed by atoms with E-state index in [-0.39, 0.29) is 6.42 Å². The van der Waals surface area contributed by atoms with Crippen molar-refractivity contribution < 1.29 is 9.90 Å². The van der Waals surface area contributed by atoms with Crippen LogP contribution in [0.2, 0.25) is 5.02 Å². The van der Waals surface area contributed by atoms with Gasteiger partial charge in [-0.2, -0.15) is 0 Å². The zero-order valence-electron chi connectivity index (χ0n) is 8.27. The van der Waals surface area contributed by atoms with E-state index < -0.39 is 5.97 Å². The number of nitrogens with one attached hydrogen (secondary N) is 1. The van der Waals surface area contributed by atoms with Gasteiger partial charge in [-0.1, -0.05) is 11.6 Å². The molecule has 4 nitrogen and oxygen atoms in total. The molecule has 0 bridgehead atoms. The highest BCUT2D eigenvalue weighted by Crippen LogP contribution is 2.18. The number of benzene rings is 1. The predicted octanol–water partition coefficient (Wildman–Crippen LogP) is 2.36. The molecule has 0 aliphatic heterocycles. The van der Waals surface area contributed by atoms with Crippen LogP contribution in [0.3, 0.4) is 0 Å². The van der Waals surface area contributed by atoms with Crippen LogP contribution in [0, 0.1) is 0 Å². The van der Waals surface area contributed by atoms with Crippen molar-refractivity contribution in [1.29, 1.82) is 0 Å². The van der Waals surface area contributed by atoms with E-state index in [1.165, 1.54) is 6.20 Å². The topological polar surface area (TPSA) is 66.0 Å². The Balaban J connectivity index is 2.24. The number of imidazole rings is 1. The van der Waals surface area contributed by atoms with Gasteiger partial charge in [0.05, 0.1) is 6.42 Å². The molecular weight excluding hydrogens is 228 g/mol. The maximum atomic E-state index is 10.5. The van der Waals surface area contributed by atoms with Crippen LogP contribution in [0.1, 0.15) is 5.69 Å². The largest absolute Gasteiger partial charge is 0.481 e. The van der Waals surface area contributed by atoms with Crippen molar-refractivity contribution in [3.8, 4) is 11.4 Å². The standard InChI is InChI=1S/C11H9ClN2O2/c12-8-3-1-7(2-4-8)11-13-6-9(14-11)5-10(15)16/h1-4,6H,5H2,(H,13,14)(H,15,16). The van der Waals surface area contributed by atoms with Gasteiger partial charge in [0.15, 0.2) is 0 Å². The number of hydrogen-bond donors (Lipinski definition) is 2. The van der Waals surface area contributed by atoms with E-state index in [1.807, 2.05) is 12.1 Å². The third-order valence-corrected chi connectivity index (χ3v) is 2.34. The monoisotopic (exact) mass is 236 g/mol. The van der Waals surface area contributed by atoms with Gasteiger partial charge in [-0.05, 0) is 24.3 Å². The first kappa shape index (κ1) is 10.7. The quantitative estimate of drug-likeness (QED) is 0.860. The van der Waals surface area contributed by atoms with Crippen LogP contribution in [0.25, 0.3) is 11.4 Å². The third-order valence-electron chi connectivity index (χ3n) is 2.09. The van der Waals surface area contributed by atoms with Crippen LogP contribution in [0.5, 0.6) is 0 Å². The Labute approximate surface area is 96.9 Å². The fourth-order valence-electron chi connectivity index (χ4n) is 1.37. The van der Waals surface area contributed by atoms with Gasteiger partial charge < -0.3 is 10.1 Å². The summed E-state index contributed by atoms with van der Waals surface area (Å²) in [5, 5.41) is 9.27. The maximum absolute atomic E-state index is 10.5. The van der Waals surface area contributed by atoms with Gasteiger partial charge in [-0.25, -0.2) is 4.98 Å². The van der Waals surface area contributed by atoms with Gasteiger partial charge in [0.25, 0.3) is 0 Å². The number of aliphatic carboxylic acids is 1. The second-order valence-corrected chi connectivity index (χ2v) is 3.77. The first-order chi connectivity index (χ1) is 7.65. The lowest BCUT2D eigenvalue weighted by Gasteiger charge is -1.96. The molecule has 2 aromatic rings. The molecule has 16 heavy (non-hydrogen) atoms. The lowest BCUT2D eigenvalue weighted by atomic mass is 10.2. The second kappa shape index (κ2) is 4.37. The molecule has 5 heteroatoms. The molecule has 1 aromatic heterocycles. The summed E-state index contributed by atoms with van der Waals surface area (Å²) in [6, 6.07) is 7.17. The molecule has 0 amide bonds. The van der Waals surface area contributed by atoms with Gasteiger partial charge in [-0.15, -0.1) is 0 Å². The highest BCUT2D eigenvalue weighted by molar-refractivity contribution is 6.30. The molecular formula is C11H9ClN2O2. The van der Waals surface area contributed by atoms with Crippen molar-refractivity contribution in [1.82, 2.24) is 9.97 Å². The molecule has 0 saturated carbocycles. The molecule has 82 valence electrons. The van der Waals surface area contributed by atoms with E-state index in [4.69, 9.17) is 16.7 Å². The highest BCUT2D eigenvalue weighted by atomic mass is 35.5. The van der Waals surface area contributed by atoms with E-state index >= 15 is 0 Å². The summed E-state index contributed by atoms with van der Waals surface area (Å²) >= 11 is 5.76. The first-order valence-electron chi connectivity index (χ1n) is 4.67. The molecule has 2 N–H and O–H groups in total. The lowest BCUT2D eigenvalue weighted by Crippen LogP contribution is -1.99. The smallest absolute Gasteiger partial charge is 0.309 e. The minimum atomic E-state index is -0.883. The lowest BCUT2D eigenvalue weighted by molar-refractivity contribution is -0.136. The first-order valence-corrected chi connectivity index (χ1v) is 5.04.